The molecule has 2 atom stereocenters. The van der Waals surface area contributed by atoms with E-state index in [-0.39, 0.29) is 11.5 Å². The Labute approximate surface area is 191 Å². The summed E-state index contributed by atoms with van der Waals surface area (Å²) in [6.45, 7) is 12.1. The second-order valence-electron chi connectivity index (χ2n) is 8.47. The summed E-state index contributed by atoms with van der Waals surface area (Å²) in [5.41, 5.74) is 1.83. The summed E-state index contributed by atoms with van der Waals surface area (Å²) >= 11 is 6.58. The summed E-state index contributed by atoms with van der Waals surface area (Å²) in [6, 6.07) is 3.79. The van der Waals surface area contributed by atoms with E-state index in [1.54, 1.807) is 22.7 Å². The third-order valence-electron chi connectivity index (χ3n) is 5.69. The molecule has 2 aliphatic heterocycles. The van der Waals surface area contributed by atoms with E-state index >= 15 is 0 Å². The molecule has 2 fully saturated rings. The van der Waals surface area contributed by atoms with Crippen LogP contribution in [0.25, 0.3) is 11.7 Å². The Morgan fingerprint density at radius 1 is 1.29 bits per heavy atom. The third-order valence-corrected chi connectivity index (χ3v) is 7.07. The van der Waals surface area contributed by atoms with Gasteiger partial charge in [-0.3, -0.25) is 18.9 Å². The van der Waals surface area contributed by atoms with Gasteiger partial charge in [-0.15, -0.1) is 6.58 Å². The van der Waals surface area contributed by atoms with Gasteiger partial charge in [0, 0.05) is 25.8 Å². The number of aryl methyl sites for hydroxylation is 1. The Morgan fingerprint density at radius 2 is 2.00 bits per heavy atom. The average molecular weight is 455 g/mol. The molecule has 0 spiro atoms. The molecule has 0 bridgehead atoms. The van der Waals surface area contributed by atoms with Gasteiger partial charge in [0.15, 0.2) is 0 Å². The highest BCUT2D eigenvalue weighted by molar-refractivity contribution is 8.26. The SMILES string of the molecule is C=CCN1C(=O)/C(=C/c2c(N3C[C@H](C)C[C@@H](C)C3)nc3c(C)cccn3c2=O)SC1=S. The first kappa shape index (κ1) is 21.8. The van der Waals surface area contributed by atoms with E-state index in [1.165, 1.54) is 16.7 Å². The molecule has 0 saturated carbocycles. The number of anilines is 1. The minimum absolute atomic E-state index is 0.177. The van der Waals surface area contributed by atoms with Crippen molar-refractivity contribution >= 4 is 51.7 Å². The van der Waals surface area contributed by atoms with E-state index in [4.69, 9.17) is 17.2 Å². The van der Waals surface area contributed by atoms with Crippen molar-refractivity contribution in [3.63, 3.8) is 0 Å². The Balaban J connectivity index is 1.90. The number of rotatable bonds is 4. The zero-order chi connectivity index (χ0) is 22.3. The summed E-state index contributed by atoms with van der Waals surface area (Å²) in [7, 11) is 0. The predicted molar refractivity (Wildman–Crippen MR) is 131 cm³/mol. The Morgan fingerprint density at radius 3 is 2.68 bits per heavy atom. The number of carbonyl (C=O) groups is 1. The van der Waals surface area contributed by atoms with Crippen molar-refractivity contribution in [3.05, 3.63) is 57.4 Å². The van der Waals surface area contributed by atoms with E-state index in [0.29, 0.717) is 44.6 Å². The fourth-order valence-electron chi connectivity index (χ4n) is 4.42. The number of carbonyl (C=O) groups excluding carboxylic acids is 1. The fraction of sp³-hybridized carbons (Fsp3) is 0.391. The van der Waals surface area contributed by atoms with E-state index in [0.717, 1.165) is 25.1 Å². The van der Waals surface area contributed by atoms with E-state index < -0.39 is 0 Å². The van der Waals surface area contributed by atoms with E-state index in [9.17, 15) is 9.59 Å². The molecule has 8 heteroatoms. The highest BCUT2D eigenvalue weighted by Gasteiger charge is 2.33. The summed E-state index contributed by atoms with van der Waals surface area (Å²) in [6.07, 6.45) is 6.19. The molecule has 0 aliphatic carbocycles. The van der Waals surface area contributed by atoms with Gasteiger partial charge in [-0.25, -0.2) is 4.98 Å². The molecule has 2 saturated heterocycles. The third kappa shape index (κ3) is 4.06. The molecule has 2 aromatic heterocycles. The quantitative estimate of drug-likeness (QED) is 0.397. The van der Waals surface area contributed by atoms with Gasteiger partial charge < -0.3 is 4.90 Å². The number of thioether (sulfide) groups is 1. The smallest absolute Gasteiger partial charge is 0.267 e. The minimum atomic E-state index is -0.199. The van der Waals surface area contributed by atoms with Crippen molar-refractivity contribution in [2.45, 2.75) is 27.2 Å². The van der Waals surface area contributed by atoms with Crippen molar-refractivity contribution in [2.24, 2.45) is 11.8 Å². The number of thiocarbonyl (C=S) groups is 1. The van der Waals surface area contributed by atoms with Crippen LogP contribution in [0.2, 0.25) is 0 Å². The number of pyridine rings is 1. The van der Waals surface area contributed by atoms with Crippen LogP contribution in [-0.2, 0) is 4.79 Å². The maximum absolute atomic E-state index is 13.6. The molecule has 31 heavy (non-hydrogen) atoms. The second kappa shape index (κ2) is 8.59. The summed E-state index contributed by atoms with van der Waals surface area (Å²) < 4.78 is 2.04. The molecule has 0 unspecified atom stereocenters. The molecular weight excluding hydrogens is 428 g/mol. The van der Waals surface area contributed by atoms with E-state index in [2.05, 4.69) is 25.3 Å². The molecule has 162 valence electrons. The topological polar surface area (TPSA) is 57.9 Å². The standard InChI is InChI=1S/C23H26N4O2S2/c1-5-8-27-22(29)18(31-23(27)30)11-17-20(25-12-14(2)10-15(3)13-25)24-19-16(4)7-6-9-26(19)21(17)28/h5-7,9,11,14-15H,1,8,10,12-13H2,2-4H3/b18-11-/t14-,15-/m1/s1. The summed E-state index contributed by atoms with van der Waals surface area (Å²) in [4.78, 5) is 35.5. The minimum Gasteiger partial charge on any atom is -0.355 e. The molecule has 4 heterocycles. The number of aromatic nitrogens is 2. The molecule has 0 aromatic carbocycles. The predicted octanol–water partition coefficient (Wildman–Crippen LogP) is 3.87. The van der Waals surface area contributed by atoms with Gasteiger partial charge in [-0.1, -0.05) is 50.0 Å². The lowest BCUT2D eigenvalue weighted by molar-refractivity contribution is -0.121. The van der Waals surface area contributed by atoms with Crippen LogP contribution in [0.1, 0.15) is 31.4 Å². The van der Waals surface area contributed by atoms with Gasteiger partial charge in [0.2, 0.25) is 0 Å². The van der Waals surface area contributed by atoms with Crippen LogP contribution in [0.3, 0.4) is 0 Å². The molecule has 2 aliphatic rings. The number of hydrogen-bond donors (Lipinski definition) is 0. The second-order valence-corrected chi connectivity index (χ2v) is 10.1. The van der Waals surface area contributed by atoms with Crippen LogP contribution in [-0.4, -0.2) is 44.1 Å². The summed E-state index contributed by atoms with van der Waals surface area (Å²) in [5, 5.41) is 0. The maximum Gasteiger partial charge on any atom is 0.267 e. The Hall–Kier alpha value is -2.45. The van der Waals surface area contributed by atoms with Crippen molar-refractivity contribution in [2.75, 3.05) is 24.5 Å². The molecule has 0 N–H and O–H groups in total. The Bertz CT molecular complexity index is 1160. The Kier molecular flexibility index (Phi) is 6.03. The van der Waals surface area contributed by atoms with Gasteiger partial charge in [0.1, 0.15) is 15.8 Å². The maximum atomic E-state index is 13.6. The highest BCUT2D eigenvalue weighted by Crippen LogP contribution is 2.34. The average Bonchev–Trinajstić information content (AvgIpc) is 2.97. The zero-order valence-corrected chi connectivity index (χ0v) is 19.6. The molecule has 2 aromatic rings. The van der Waals surface area contributed by atoms with Crippen molar-refractivity contribution in [1.82, 2.24) is 14.3 Å². The van der Waals surface area contributed by atoms with Gasteiger partial charge in [-0.05, 0) is 42.9 Å². The lowest BCUT2D eigenvalue weighted by Gasteiger charge is -2.36. The van der Waals surface area contributed by atoms with Crippen LogP contribution >= 0.6 is 24.0 Å². The van der Waals surface area contributed by atoms with Crippen molar-refractivity contribution in [1.29, 1.82) is 0 Å². The number of fused-ring (bicyclic) bond motifs is 1. The largest absolute Gasteiger partial charge is 0.355 e. The molecular formula is C23H26N4O2S2. The normalized spacial score (nSPS) is 23.3. The molecule has 4 rings (SSSR count). The monoisotopic (exact) mass is 454 g/mol. The van der Waals surface area contributed by atoms with Gasteiger partial charge in [-0.2, -0.15) is 0 Å². The van der Waals surface area contributed by atoms with Crippen molar-refractivity contribution < 1.29 is 4.79 Å². The first-order valence-corrected chi connectivity index (χ1v) is 11.7. The number of nitrogens with zero attached hydrogens (tertiary/aromatic N) is 4. The van der Waals surface area contributed by atoms with Crippen LogP contribution in [0.15, 0.2) is 40.7 Å². The highest BCUT2D eigenvalue weighted by atomic mass is 32.2. The van der Waals surface area contributed by atoms with Gasteiger partial charge in [0.25, 0.3) is 11.5 Å². The lowest BCUT2D eigenvalue weighted by atomic mass is 9.91. The number of piperidine rings is 1. The first-order valence-electron chi connectivity index (χ1n) is 10.4. The summed E-state index contributed by atoms with van der Waals surface area (Å²) in [5.74, 6) is 1.45. The van der Waals surface area contributed by atoms with Gasteiger partial charge in [0.05, 0.1) is 10.5 Å². The molecule has 0 radical (unpaired) electrons. The number of amides is 1. The van der Waals surface area contributed by atoms with Crippen LogP contribution in [0, 0.1) is 18.8 Å². The lowest BCUT2D eigenvalue weighted by Crippen LogP contribution is -2.40. The molecule has 1 amide bonds. The van der Waals surface area contributed by atoms with Crippen molar-refractivity contribution in [3.8, 4) is 0 Å². The first-order chi connectivity index (χ1) is 14.8. The van der Waals surface area contributed by atoms with Crippen LogP contribution in [0.5, 0.6) is 0 Å². The van der Waals surface area contributed by atoms with E-state index in [1.807, 2.05) is 19.1 Å². The molecule has 6 nitrogen and oxygen atoms in total. The fourth-order valence-corrected chi connectivity index (χ4v) is 5.68. The number of hydrogen-bond acceptors (Lipinski definition) is 6. The van der Waals surface area contributed by atoms with Gasteiger partial charge >= 0.3 is 0 Å². The van der Waals surface area contributed by atoms with Crippen LogP contribution in [0.4, 0.5) is 5.82 Å². The van der Waals surface area contributed by atoms with Crippen LogP contribution < -0.4 is 10.5 Å². The zero-order valence-electron chi connectivity index (χ0n) is 18.0.